The highest BCUT2D eigenvalue weighted by atomic mass is 35.5. The number of unbranched alkanes of at least 4 members (excludes halogenated alkanes) is 1. The molecule has 1 amide bonds. The van der Waals surface area contributed by atoms with Crippen molar-refractivity contribution in [2.75, 3.05) is 43.9 Å². The zero-order valence-corrected chi connectivity index (χ0v) is 32.5. The Morgan fingerprint density at radius 1 is 0.625 bits per heavy atom. The summed E-state index contributed by atoms with van der Waals surface area (Å²) in [4.78, 5) is 37.4. The summed E-state index contributed by atoms with van der Waals surface area (Å²) >= 11 is 12.7. The van der Waals surface area contributed by atoms with Crippen LogP contribution in [0.5, 0.6) is 5.75 Å². The minimum atomic E-state index is -0.0306. The predicted octanol–water partition coefficient (Wildman–Crippen LogP) is 11.2. The van der Waals surface area contributed by atoms with E-state index in [0.717, 1.165) is 79.9 Å². The molecular formula is C46H41Cl2N5O3. The second-order valence-corrected chi connectivity index (χ2v) is 14.3. The number of methoxy groups -OCH3 is 1. The number of rotatable bonds is 14. The van der Waals surface area contributed by atoms with Gasteiger partial charge in [0.1, 0.15) is 12.0 Å². The molecule has 2 heterocycles. The summed E-state index contributed by atoms with van der Waals surface area (Å²) in [6, 6.07) is 39.9. The molecule has 0 spiro atoms. The number of nitrogens with zero attached hydrogens (tertiary/aromatic N) is 3. The molecule has 0 atom stereocenters. The molecule has 8 nitrogen and oxygen atoms in total. The Bertz CT molecular complexity index is 2590. The molecule has 0 saturated heterocycles. The van der Waals surface area contributed by atoms with E-state index in [4.69, 9.17) is 37.9 Å². The van der Waals surface area contributed by atoms with Crippen molar-refractivity contribution in [3.63, 3.8) is 0 Å². The number of amides is 1. The van der Waals surface area contributed by atoms with Crippen molar-refractivity contribution in [2.24, 2.45) is 0 Å². The van der Waals surface area contributed by atoms with Crippen LogP contribution in [0.4, 0.5) is 11.4 Å². The lowest BCUT2D eigenvalue weighted by molar-refractivity contribution is 0.0752. The minimum absolute atomic E-state index is 0.0306. The number of ether oxygens (including phenoxy) is 1. The van der Waals surface area contributed by atoms with E-state index >= 15 is 0 Å². The van der Waals surface area contributed by atoms with Crippen LogP contribution in [0.3, 0.4) is 0 Å². The second-order valence-electron chi connectivity index (χ2n) is 13.4. The molecular weight excluding hydrogens is 741 g/mol. The van der Waals surface area contributed by atoms with Crippen molar-refractivity contribution in [3.8, 4) is 5.75 Å². The van der Waals surface area contributed by atoms with Crippen molar-refractivity contribution in [3.05, 3.63) is 149 Å². The van der Waals surface area contributed by atoms with Gasteiger partial charge in [0, 0.05) is 68.9 Å². The summed E-state index contributed by atoms with van der Waals surface area (Å²) in [5, 5.41) is 12.2. The largest absolute Gasteiger partial charge is 0.497 e. The van der Waals surface area contributed by atoms with Gasteiger partial charge in [0.15, 0.2) is 0 Å². The third-order valence-electron chi connectivity index (χ3n) is 9.65. The molecule has 0 aliphatic carbocycles. The van der Waals surface area contributed by atoms with Gasteiger partial charge in [-0.25, -0.2) is 9.97 Å². The molecule has 0 radical (unpaired) electrons. The van der Waals surface area contributed by atoms with E-state index in [0.29, 0.717) is 53.8 Å². The maximum absolute atomic E-state index is 14.2. The molecule has 282 valence electrons. The first-order valence-corrected chi connectivity index (χ1v) is 19.4. The van der Waals surface area contributed by atoms with Crippen LogP contribution >= 0.6 is 23.2 Å². The molecule has 7 aromatic rings. The van der Waals surface area contributed by atoms with E-state index in [1.165, 1.54) is 0 Å². The monoisotopic (exact) mass is 781 g/mol. The van der Waals surface area contributed by atoms with Gasteiger partial charge in [0.2, 0.25) is 0 Å². The topological polar surface area (TPSA) is 96.4 Å². The van der Waals surface area contributed by atoms with Crippen LogP contribution in [0.2, 0.25) is 10.0 Å². The first-order valence-electron chi connectivity index (χ1n) is 18.6. The summed E-state index contributed by atoms with van der Waals surface area (Å²) < 4.78 is 5.54. The standard InChI is InChI=1S/C46H41Cl2N5O3/c1-56-35-17-21-41-39(29-35)45(37-19-16-34(48)28-43(37)52-41)49-22-9-10-24-53(46(55)32-12-7-5-3-2-4-6-8-13-32)25-11-23-50-44-36-18-15-33(47)27-42(36)51-40-20-14-31(30-54)26-38(40)44/h2-8,12-21,26-30H,9-11,22-25H2,1H3,(H,49,52)(H,50,51). The number of nitrogens with one attached hydrogen (secondary N) is 2. The Morgan fingerprint density at radius 3 is 1.79 bits per heavy atom. The van der Waals surface area contributed by atoms with Crippen molar-refractivity contribution < 1.29 is 14.3 Å². The number of hydrogen-bond donors (Lipinski definition) is 2. The van der Waals surface area contributed by atoms with Gasteiger partial charge in [-0.3, -0.25) is 9.59 Å². The van der Waals surface area contributed by atoms with E-state index in [-0.39, 0.29) is 5.91 Å². The number of hydrogen-bond acceptors (Lipinski definition) is 7. The number of fused-ring (bicyclic) bond motifs is 4. The Kier molecular flexibility index (Phi) is 12.4. The zero-order valence-electron chi connectivity index (χ0n) is 31.0. The highest BCUT2D eigenvalue weighted by molar-refractivity contribution is 6.32. The number of aldehydes is 1. The van der Waals surface area contributed by atoms with E-state index in [2.05, 4.69) is 10.6 Å². The van der Waals surface area contributed by atoms with Crippen molar-refractivity contribution in [2.45, 2.75) is 19.3 Å². The van der Waals surface area contributed by atoms with Crippen LogP contribution in [-0.2, 0) is 0 Å². The summed E-state index contributed by atoms with van der Waals surface area (Å²) in [6.45, 7) is 2.39. The number of halogens is 2. The minimum Gasteiger partial charge on any atom is -0.497 e. The molecule has 0 fully saturated rings. The lowest BCUT2D eigenvalue weighted by atomic mass is 10.1. The molecule has 2 aromatic heterocycles. The van der Waals surface area contributed by atoms with Gasteiger partial charge in [0.05, 0.1) is 40.6 Å². The molecule has 0 bridgehead atoms. The molecule has 7 rings (SSSR count). The lowest BCUT2D eigenvalue weighted by Gasteiger charge is -2.23. The summed E-state index contributed by atoms with van der Waals surface area (Å²) in [7, 11) is 1.66. The quantitative estimate of drug-likeness (QED) is 0.0644. The molecule has 0 unspecified atom stereocenters. The van der Waals surface area contributed by atoms with Crippen LogP contribution in [-0.4, -0.2) is 60.4 Å². The normalized spacial score (nSPS) is 11.1. The SMILES string of the molecule is COc1ccc2nc3cc(Cl)ccc3c(NCCCCN(CCCNc3c4ccc(Cl)cc4nc4ccc(C=O)cc34)C(=O)c3ccccccccc3)c2c1. The predicted molar refractivity (Wildman–Crippen MR) is 231 cm³/mol. The number of aromatic nitrogens is 2. The highest BCUT2D eigenvalue weighted by Gasteiger charge is 2.17. The molecule has 0 aliphatic rings. The fourth-order valence-electron chi connectivity index (χ4n) is 6.87. The third kappa shape index (κ3) is 8.94. The van der Waals surface area contributed by atoms with Crippen LogP contribution in [0.1, 0.15) is 40.0 Å². The number of carbonyl (C=O) groups excluding carboxylic acids is 2. The fraction of sp³-hybridized carbons (Fsp3) is 0.174. The number of anilines is 2. The van der Waals surface area contributed by atoms with E-state index in [1.807, 2.05) is 126 Å². The first-order chi connectivity index (χ1) is 27.4. The van der Waals surface area contributed by atoms with Gasteiger partial charge in [-0.2, -0.15) is 0 Å². The molecule has 5 aromatic carbocycles. The number of carbonyl (C=O) groups is 2. The maximum atomic E-state index is 14.2. The van der Waals surface area contributed by atoms with Gasteiger partial charge in [-0.15, -0.1) is 0 Å². The van der Waals surface area contributed by atoms with Crippen LogP contribution in [0.15, 0.2) is 127 Å². The van der Waals surface area contributed by atoms with Crippen LogP contribution < -0.4 is 15.4 Å². The first kappa shape index (κ1) is 38.3. The van der Waals surface area contributed by atoms with Crippen LogP contribution in [0, 0.1) is 0 Å². The van der Waals surface area contributed by atoms with Gasteiger partial charge in [-0.1, -0.05) is 65.7 Å². The Hall–Kier alpha value is -5.96. The Morgan fingerprint density at radius 2 is 1.18 bits per heavy atom. The van der Waals surface area contributed by atoms with Crippen molar-refractivity contribution in [1.29, 1.82) is 0 Å². The molecule has 2 N–H and O–H groups in total. The zero-order chi connectivity index (χ0) is 38.9. The molecule has 10 heteroatoms. The number of pyridine rings is 2. The van der Waals surface area contributed by atoms with Crippen molar-refractivity contribution in [1.82, 2.24) is 14.9 Å². The third-order valence-corrected chi connectivity index (χ3v) is 10.1. The van der Waals surface area contributed by atoms with E-state index in [1.54, 1.807) is 13.2 Å². The summed E-state index contributed by atoms with van der Waals surface area (Å²) in [6.07, 6.45) is 3.13. The van der Waals surface area contributed by atoms with Gasteiger partial charge in [0.25, 0.3) is 5.91 Å². The lowest BCUT2D eigenvalue weighted by Crippen LogP contribution is -2.34. The fourth-order valence-corrected chi connectivity index (χ4v) is 7.20. The van der Waals surface area contributed by atoms with Gasteiger partial charge >= 0.3 is 0 Å². The Balaban J connectivity index is 1.08. The number of benzene rings is 4. The summed E-state index contributed by atoms with van der Waals surface area (Å²) in [5.41, 5.74) is 6.23. The Labute approximate surface area is 335 Å². The van der Waals surface area contributed by atoms with Gasteiger partial charge < -0.3 is 20.3 Å². The average Bonchev–Trinajstić information content (AvgIpc) is 3.21. The maximum Gasteiger partial charge on any atom is 0.253 e. The van der Waals surface area contributed by atoms with Crippen molar-refractivity contribution >= 4 is 90.4 Å². The van der Waals surface area contributed by atoms with E-state index in [9.17, 15) is 9.59 Å². The van der Waals surface area contributed by atoms with Crippen LogP contribution in [0.25, 0.3) is 43.6 Å². The molecule has 0 aliphatic heterocycles. The van der Waals surface area contributed by atoms with E-state index < -0.39 is 0 Å². The average molecular weight is 783 g/mol. The smallest absolute Gasteiger partial charge is 0.253 e. The molecule has 56 heavy (non-hydrogen) atoms. The molecule has 0 saturated carbocycles. The second kappa shape index (κ2) is 18.1. The summed E-state index contributed by atoms with van der Waals surface area (Å²) in [5.74, 6) is 0.724. The van der Waals surface area contributed by atoms with Gasteiger partial charge in [-0.05, 0) is 104 Å². The highest BCUT2D eigenvalue weighted by Crippen LogP contribution is 2.35.